The lowest BCUT2D eigenvalue weighted by atomic mass is 10.1. The average Bonchev–Trinajstić information content (AvgIpc) is 2.57. The third kappa shape index (κ3) is 6.40. The quantitative estimate of drug-likeness (QED) is 0.450. The van der Waals surface area contributed by atoms with Gasteiger partial charge in [0.1, 0.15) is 5.75 Å². The number of benzene rings is 1. The van der Waals surface area contributed by atoms with Crippen LogP contribution in [0.15, 0.2) is 28.9 Å². The highest BCUT2D eigenvalue weighted by Crippen LogP contribution is 2.33. The van der Waals surface area contributed by atoms with E-state index in [0.29, 0.717) is 0 Å². The average molecular weight is 335 g/mol. The third-order valence-electron chi connectivity index (χ3n) is 3.72. The summed E-state index contributed by atoms with van der Waals surface area (Å²) in [6.45, 7) is 9.44. The van der Waals surface area contributed by atoms with Gasteiger partial charge in [0.15, 0.2) is 0 Å². The molecule has 128 valence electrons. The lowest BCUT2D eigenvalue weighted by Gasteiger charge is -2.15. The van der Waals surface area contributed by atoms with Gasteiger partial charge in [0, 0.05) is 17.0 Å². The zero-order chi connectivity index (χ0) is 17.1. The van der Waals surface area contributed by atoms with Crippen LogP contribution in [-0.4, -0.2) is 26.6 Å². The SMILES string of the molecule is C=N/C(C)=C(\SC)c1ccc(CNC)c(OCCCCCC)c1. The second-order valence-electron chi connectivity index (χ2n) is 5.54. The van der Waals surface area contributed by atoms with Gasteiger partial charge in [-0.15, -0.1) is 11.8 Å². The molecule has 0 spiro atoms. The van der Waals surface area contributed by atoms with Gasteiger partial charge in [0.2, 0.25) is 0 Å². The zero-order valence-electron chi connectivity index (χ0n) is 14.9. The fourth-order valence-electron chi connectivity index (χ4n) is 2.42. The van der Waals surface area contributed by atoms with E-state index in [2.05, 4.69) is 48.4 Å². The van der Waals surface area contributed by atoms with Crippen molar-refractivity contribution in [2.45, 2.75) is 46.1 Å². The Morgan fingerprint density at radius 1 is 1.30 bits per heavy atom. The molecule has 1 aromatic rings. The molecule has 0 saturated carbocycles. The fraction of sp³-hybridized carbons (Fsp3) is 0.526. The Hall–Kier alpha value is -1.26. The van der Waals surface area contributed by atoms with Crippen molar-refractivity contribution in [2.24, 2.45) is 4.99 Å². The van der Waals surface area contributed by atoms with E-state index in [-0.39, 0.29) is 0 Å². The summed E-state index contributed by atoms with van der Waals surface area (Å²) >= 11 is 1.69. The smallest absolute Gasteiger partial charge is 0.124 e. The van der Waals surface area contributed by atoms with Gasteiger partial charge in [-0.05, 0) is 45.0 Å². The number of ether oxygens (including phenoxy) is 1. The molecule has 1 rings (SSSR count). The second kappa shape index (κ2) is 11.3. The molecule has 0 saturated heterocycles. The minimum absolute atomic E-state index is 0.775. The summed E-state index contributed by atoms with van der Waals surface area (Å²) < 4.78 is 6.07. The summed E-state index contributed by atoms with van der Waals surface area (Å²) in [6.07, 6.45) is 6.92. The molecule has 0 fully saturated rings. The highest BCUT2D eigenvalue weighted by Gasteiger charge is 2.10. The first-order chi connectivity index (χ1) is 11.2. The molecule has 23 heavy (non-hydrogen) atoms. The van der Waals surface area contributed by atoms with Crippen LogP contribution in [0.4, 0.5) is 0 Å². The molecule has 0 aliphatic carbocycles. The van der Waals surface area contributed by atoms with Crippen LogP contribution < -0.4 is 10.1 Å². The monoisotopic (exact) mass is 334 g/mol. The number of allylic oxidation sites excluding steroid dienone is 1. The van der Waals surface area contributed by atoms with E-state index in [9.17, 15) is 0 Å². The molecular formula is C19H30N2OS. The van der Waals surface area contributed by atoms with Gasteiger partial charge in [-0.2, -0.15) is 0 Å². The van der Waals surface area contributed by atoms with Gasteiger partial charge in [-0.3, -0.25) is 4.99 Å². The first-order valence-corrected chi connectivity index (χ1v) is 9.52. The number of unbranched alkanes of at least 4 members (excludes halogenated alkanes) is 3. The molecule has 1 N–H and O–H groups in total. The molecule has 0 aromatic heterocycles. The standard InChI is InChI=1S/C19H30N2OS/c1-6-7-8-9-12-22-18-13-16(10-11-17(18)14-20-3)19(23-5)15(2)21-4/h10-11,13,20H,4,6-9,12,14H2,1-3,5H3/b19-15-. The van der Waals surface area contributed by atoms with E-state index in [1.165, 1.54) is 24.8 Å². The van der Waals surface area contributed by atoms with Crippen LogP contribution >= 0.6 is 11.8 Å². The largest absolute Gasteiger partial charge is 0.493 e. The van der Waals surface area contributed by atoms with Gasteiger partial charge in [-0.25, -0.2) is 0 Å². The Balaban J connectivity index is 2.95. The van der Waals surface area contributed by atoms with Gasteiger partial charge in [0.05, 0.1) is 12.3 Å². The lowest BCUT2D eigenvalue weighted by molar-refractivity contribution is 0.301. The van der Waals surface area contributed by atoms with E-state index >= 15 is 0 Å². The minimum Gasteiger partial charge on any atom is -0.493 e. The van der Waals surface area contributed by atoms with Gasteiger partial charge in [0.25, 0.3) is 0 Å². The summed E-state index contributed by atoms with van der Waals surface area (Å²) in [7, 11) is 1.96. The van der Waals surface area contributed by atoms with Crippen LogP contribution in [0, 0.1) is 0 Å². The molecule has 1 aromatic carbocycles. The Kier molecular flexibility index (Phi) is 9.72. The number of nitrogens with one attached hydrogen (secondary N) is 1. The van der Waals surface area contributed by atoms with Crippen LogP contribution in [0.5, 0.6) is 5.75 Å². The molecule has 3 nitrogen and oxygen atoms in total. The van der Waals surface area contributed by atoms with Crippen LogP contribution in [0.2, 0.25) is 0 Å². The van der Waals surface area contributed by atoms with E-state index < -0.39 is 0 Å². The number of aliphatic imine (C=N–C) groups is 1. The van der Waals surface area contributed by atoms with Crippen molar-refractivity contribution in [2.75, 3.05) is 19.9 Å². The molecule has 0 unspecified atom stereocenters. The fourth-order valence-corrected chi connectivity index (χ4v) is 3.15. The normalized spacial score (nSPS) is 12.0. The van der Waals surface area contributed by atoms with Gasteiger partial charge >= 0.3 is 0 Å². The summed E-state index contributed by atoms with van der Waals surface area (Å²) in [5.74, 6) is 0.969. The Bertz CT molecular complexity index is 526. The van der Waals surface area contributed by atoms with E-state index in [0.717, 1.165) is 41.5 Å². The van der Waals surface area contributed by atoms with Crippen LogP contribution in [-0.2, 0) is 6.54 Å². The number of hydrogen-bond acceptors (Lipinski definition) is 4. The van der Waals surface area contributed by atoms with Crippen LogP contribution in [0.1, 0.15) is 50.7 Å². The topological polar surface area (TPSA) is 33.6 Å². The maximum Gasteiger partial charge on any atom is 0.124 e. The molecule has 0 bridgehead atoms. The number of rotatable bonds is 11. The molecule has 0 aliphatic heterocycles. The molecule has 0 aliphatic rings. The molecule has 0 amide bonds. The lowest BCUT2D eigenvalue weighted by Crippen LogP contribution is -2.08. The van der Waals surface area contributed by atoms with Crippen molar-refractivity contribution < 1.29 is 4.74 Å². The molecule has 0 atom stereocenters. The molecule has 0 radical (unpaired) electrons. The zero-order valence-corrected chi connectivity index (χ0v) is 15.8. The maximum absolute atomic E-state index is 6.07. The minimum atomic E-state index is 0.775. The Morgan fingerprint density at radius 3 is 2.70 bits per heavy atom. The summed E-state index contributed by atoms with van der Waals surface area (Å²) in [5, 5.41) is 3.21. The second-order valence-corrected chi connectivity index (χ2v) is 6.36. The van der Waals surface area contributed by atoms with E-state index in [4.69, 9.17) is 4.74 Å². The van der Waals surface area contributed by atoms with E-state index in [1.807, 2.05) is 14.0 Å². The highest BCUT2D eigenvalue weighted by atomic mass is 32.2. The summed E-state index contributed by atoms with van der Waals surface area (Å²) in [6, 6.07) is 6.41. The highest BCUT2D eigenvalue weighted by molar-refractivity contribution is 8.07. The van der Waals surface area contributed by atoms with Crippen molar-refractivity contribution in [3.8, 4) is 5.75 Å². The Morgan fingerprint density at radius 2 is 2.09 bits per heavy atom. The molecular weight excluding hydrogens is 304 g/mol. The van der Waals surface area contributed by atoms with Crippen molar-refractivity contribution in [1.29, 1.82) is 0 Å². The molecule has 0 heterocycles. The first kappa shape index (κ1) is 19.8. The van der Waals surface area contributed by atoms with E-state index in [1.54, 1.807) is 11.8 Å². The summed E-state index contributed by atoms with van der Waals surface area (Å²) in [4.78, 5) is 5.22. The van der Waals surface area contributed by atoms with Gasteiger partial charge < -0.3 is 10.1 Å². The van der Waals surface area contributed by atoms with Crippen molar-refractivity contribution >= 4 is 23.4 Å². The van der Waals surface area contributed by atoms with Crippen molar-refractivity contribution in [1.82, 2.24) is 5.32 Å². The third-order valence-corrected chi connectivity index (χ3v) is 4.66. The number of thioether (sulfide) groups is 1. The first-order valence-electron chi connectivity index (χ1n) is 8.30. The van der Waals surface area contributed by atoms with Gasteiger partial charge in [-0.1, -0.05) is 38.3 Å². The predicted octanol–water partition coefficient (Wildman–Crippen LogP) is 5.12. The van der Waals surface area contributed by atoms with Crippen molar-refractivity contribution in [3.05, 3.63) is 35.0 Å². The Labute approximate surface area is 145 Å². The van der Waals surface area contributed by atoms with Crippen LogP contribution in [0.25, 0.3) is 4.91 Å². The van der Waals surface area contributed by atoms with Crippen LogP contribution in [0.3, 0.4) is 0 Å². The number of hydrogen-bond donors (Lipinski definition) is 1. The summed E-state index contributed by atoms with van der Waals surface area (Å²) in [5.41, 5.74) is 3.29. The molecule has 4 heteroatoms. The van der Waals surface area contributed by atoms with Crippen molar-refractivity contribution in [3.63, 3.8) is 0 Å². The maximum atomic E-state index is 6.07. The number of nitrogens with zero attached hydrogens (tertiary/aromatic N) is 1. The predicted molar refractivity (Wildman–Crippen MR) is 105 cm³/mol.